The van der Waals surface area contributed by atoms with Crippen LogP contribution in [0.2, 0.25) is 5.02 Å². The maximum atomic E-state index is 12.1. The van der Waals surface area contributed by atoms with Crippen LogP contribution in [0.4, 0.5) is 0 Å². The van der Waals surface area contributed by atoms with E-state index < -0.39 is 15.6 Å². The number of hydrogen-bond donors (Lipinski definition) is 2. The molecule has 7 heteroatoms. The number of benzene rings is 1. The third kappa shape index (κ3) is 4.93. The first-order valence-electron chi connectivity index (χ1n) is 5.88. The monoisotopic (exact) mass is 326 g/mol. The highest BCUT2D eigenvalue weighted by Gasteiger charge is 2.24. The lowest BCUT2D eigenvalue weighted by Gasteiger charge is -2.26. The second-order valence-corrected chi connectivity index (χ2v) is 6.47. The Morgan fingerprint density at radius 1 is 1.26 bits per heavy atom. The van der Waals surface area contributed by atoms with Gasteiger partial charge in [0.1, 0.15) is 4.90 Å². The summed E-state index contributed by atoms with van der Waals surface area (Å²) in [7, 11) is -3.61. The first-order valence-corrected chi connectivity index (χ1v) is 7.74. The van der Waals surface area contributed by atoms with Gasteiger partial charge < -0.3 is 5.73 Å². The van der Waals surface area contributed by atoms with Gasteiger partial charge in [-0.15, -0.1) is 12.4 Å². The van der Waals surface area contributed by atoms with Crippen molar-refractivity contribution in [1.29, 1.82) is 0 Å². The first-order chi connectivity index (χ1) is 8.34. The van der Waals surface area contributed by atoms with E-state index in [1.165, 1.54) is 6.07 Å². The molecule has 0 aliphatic carbocycles. The van der Waals surface area contributed by atoms with E-state index in [4.69, 9.17) is 17.3 Å². The molecule has 0 saturated heterocycles. The van der Waals surface area contributed by atoms with Gasteiger partial charge in [0, 0.05) is 12.1 Å². The lowest BCUT2D eigenvalue weighted by atomic mass is 9.95. The molecule has 0 bridgehead atoms. The van der Waals surface area contributed by atoms with Crippen molar-refractivity contribution in [2.45, 2.75) is 37.1 Å². The molecule has 0 aliphatic heterocycles. The number of rotatable bonds is 6. The van der Waals surface area contributed by atoms with Gasteiger partial charge >= 0.3 is 0 Å². The fraction of sp³-hybridized carbons (Fsp3) is 0.500. The summed E-state index contributed by atoms with van der Waals surface area (Å²) in [5.41, 5.74) is 5.54. The van der Waals surface area contributed by atoms with Gasteiger partial charge in [0.05, 0.1) is 5.02 Å². The van der Waals surface area contributed by atoms with Crippen molar-refractivity contribution in [3.8, 4) is 0 Å². The summed E-state index contributed by atoms with van der Waals surface area (Å²) < 4.78 is 26.7. The molecule has 0 aliphatic rings. The Hall–Kier alpha value is -0.330. The molecule has 0 spiro atoms. The highest BCUT2D eigenvalue weighted by atomic mass is 35.5. The van der Waals surface area contributed by atoms with Crippen LogP contribution in [0, 0.1) is 0 Å². The summed E-state index contributed by atoms with van der Waals surface area (Å²) in [5, 5.41) is 0.209. The molecular formula is C12H20Cl2N2O2S. The van der Waals surface area contributed by atoms with E-state index >= 15 is 0 Å². The molecule has 19 heavy (non-hydrogen) atoms. The molecule has 1 aromatic carbocycles. The van der Waals surface area contributed by atoms with Crippen LogP contribution in [0.5, 0.6) is 0 Å². The fourth-order valence-electron chi connectivity index (χ4n) is 1.48. The van der Waals surface area contributed by atoms with Crippen LogP contribution < -0.4 is 10.5 Å². The molecule has 0 atom stereocenters. The molecule has 0 saturated carbocycles. The molecule has 0 heterocycles. The maximum absolute atomic E-state index is 12.1. The number of nitrogens with two attached hydrogens (primary N) is 1. The van der Waals surface area contributed by atoms with Gasteiger partial charge in [-0.1, -0.05) is 37.6 Å². The molecule has 0 unspecified atom stereocenters. The molecule has 4 nitrogen and oxygen atoms in total. The number of sulfonamides is 1. The predicted molar refractivity (Wildman–Crippen MR) is 81.4 cm³/mol. The number of halogens is 2. The lowest BCUT2D eigenvalue weighted by Crippen LogP contribution is -2.49. The Labute approximate surface area is 126 Å². The highest BCUT2D eigenvalue weighted by Crippen LogP contribution is 2.20. The summed E-state index contributed by atoms with van der Waals surface area (Å²) in [6.07, 6.45) is 1.41. The van der Waals surface area contributed by atoms with Crippen molar-refractivity contribution >= 4 is 34.0 Å². The Balaban J connectivity index is 0.00000324. The number of hydrogen-bond acceptors (Lipinski definition) is 3. The summed E-state index contributed by atoms with van der Waals surface area (Å²) in [6.45, 7) is 4.08. The molecule has 0 aromatic heterocycles. The quantitative estimate of drug-likeness (QED) is 0.843. The van der Waals surface area contributed by atoms with Crippen molar-refractivity contribution in [1.82, 2.24) is 4.72 Å². The minimum Gasteiger partial charge on any atom is -0.324 e. The van der Waals surface area contributed by atoms with Crippen LogP contribution in [-0.4, -0.2) is 20.5 Å². The summed E-state index contributed by atoms with van der Waals surface area (Å²) in [6, 6.07) is 6.34. The van der Waals surface area contributed by atoms with E-state index in [2.05, 4.69) is 4.72 Å². The standard InChI is InChI=1S/C12H19ClN2O2S.ClH/c1-3-12(14,4-2)9-15-18(16,17)11-8-6-5-7-10(11)13;/h5-8,15H,3-4,9,14H2,1-2H3;1H. The molecule has 1 aromatic rings. The van der Waals surface area contributed by atoms with E-state index in [9.17, 15) is 8.42 Å². The average Bonchev–Trinajstić information content (AvgIpc) is 2.36. The lowest BCUT2D eigenvalue weighted by molar-refractivity contribution is 0.392. The first kappa shape index (κ1) is 18.7. The second-order valence-electron chi connectivity index (χ2n) is 4.32. The topological polar surface area (TPSA) is 72.2 Å². The van der Waals surface area contributed by atoms with Crippen LogP contribution >= 0.6 is 24.0 Å². The number of nitrogens with one attached hydrogen (secondary N) is 1. The third-order valence-electron chi connectivity index (χ3n) is 3.15. The largest absolute Gasteiger partial charge is 0.324 e. The zero-order chi connectivity index (χ0) is 13.8. The van der Waals surface area contributed by atoms with Gasteiger partial charge in [0.2, 0.25) is 10.0 Å². The summed E-state index contributed by atoms with van der Waals surface area (Å²) in [4.78, 5) is 0.0845. The minimum absolute atomic E-state index is 0. The summed E-state index contributed by atoms with van der Waals surface area (Å²) in [5.74, 6) is 0. The van der Waals surface area contributed by atoms with E-state index in [-0.39, 0.29) is 28.9 Å². The Bertz CT molecular complexity index is 502. The van der Waals surface area contributed by atoms with Crippen LogP contribution in [0.1, 0.15) is 26.7 Å². The fourth-order valence-corrected chi connectivity index (χ4v) is 3.14. The van der Waals surface area contributed by atoms with Gasteiger partial charge in [-0.3, -0.25) is 0 Å². The minimum atomic E-state index is -3.61. The normalized spacial score (nSPS) is 12.0. The SMILES string of the molecule is CCC(N)(CC)CNS(=O)(=O)c1ccccc1Cl.Cl. The molecule has 110 valence electrons. The van der Waals surface area contributed by atoms with Crippen LogP contribution in [0.25, 0.3) is 0 Å². The molecule has 0 fully saturated rings. The van der Waals surface area contributed by atoms with Crippen molar-refractivity contribution < 1.29 is 8.42 Å². The van der Waals surface area contributed by atoms with Crippen LogP contribution in [0.15, 0.2) is 29.2 Å². The van der Waals surface area contributed by atoms with E-state index in [0.717, 1.165) is 0 Å². The van der Waals surface area contributed by atoms with Gasteiger partial charge in [-0.2, -0.15) is 0 Å². The van der Waals surface area contributed by atoms with Gasteiger partial charge in [0.25, 0.3) is 0 Å². The Kier molecular flexibility index (Phi) is 7.32. The van der Waals surface area contributed by atoms with Crippen molar-refractivity contribution in [2.24, 2.45) is 5.73 Å². The van der Waals surface area contributed by atoms with Crippen molar-refractivity contribution in [3.63, 3.8) is 0 Å². The molecule has 0 amide bonds. The van der Waals surface area contributed by atoms with Crippen LogP contribution in [0.3, 0.4) is 0 Å². The molecule has 0 radical (unpaired) electrons. The maximum Gasteiger partial charge on any atom is 0.242 e. The second kappa shape index (κ2) is 7.45. The smallest absolute Gasteiger partial charge is 0.242 e. The van der Waals surface area contributed by atoms with Gasteiger partial charge in [0.15, 0.2) is 0 Å². The van der Waals surface area contributed by atoms with Gasteiger partial charge in [-0.25, -0.2) is 13.1 Å². The summed E-state index contributed by atoms with van der Waals surface area (Å²) >= 11 is 5.88. The highest BCUT2D eigenvalue weighted by molar-refractivity contribution is 7.89. The average molecular weight is 327 g/mol. The molecular weight excluding hydrogens is 307 g/mol. The predicted octanol–water partition coefficient (Wildman–Crippen LogP) is 2.56. The Morgan fingerprint density at radius 2 is 1.79 bits per heavy atom. The van der Waals surface area contributed by atoms with E-state index in [0.29, 0.717) is 12.8 Å². The molecule has 1 rings (SSSR count). The van der Waals surface area contributed by atoms with E-state index in [1.807, 2.05) is 13.8 Å². The van der Waals surface area contributed by atoms with Gasteiger partial charge in [-0.05, 0) is 25.0 Å². The van der Waals surface area contributed by atoms with Crippen molar-refractivity contribution in [2.75, 3.05) is 6.54 Å². The Morgan fingerprint density at radius 3 is 2.26 bits per heavy atom. The van der Waals surface area contributed by atoms with Crippen molar-refractivity contribution in [3.05, 3.63) is 29.3 Å². The molecule has 3 N–H and O–H groups in total. The third-order valence-corrected chi connectivity index (χ3v) is 5.05. The zero-order valence-corrected chi connectivity index (χ0v) is 13.4. The zero-order valence-electron chi connectivity index (χ0n) is 11.0. The van der Waals surface area contributed by atoms with Crippen LogP contribution in [-0.2, 0) is 10.0 Å². The van der Waals surface area contributed by atoms with E-state index in [1.54, 1.807) is 18.2 Å².